The zero-order valence-electron chi connectivity index (χ0n) is 13.2. The van der Waals surface area contributed by atoms with Gasteiger partial charge in [-0.25, -0.2) is 0 Å². The van der Waals surface area contributed by atoms with Gasteiger partial charge >= 0.3 is 29.6 Å². The maximum absolute atomic E-state index is 8.81. The largest absolute Gasteiger partial charge is 1.00 e. The van der Waals surface area contributed by atoms with Crippen LogP contribution in [0.15, 0.2) is 48.5 Å². The van der Waals surface area contributed by atoms with Crippen LogP contribution in [0.4, 0.5) is 0 Å². The molecule has 0 aliphatic heterocycles. The van der Waals surface area contributed by atoms with Crippen LogP contribution in [0.2, 0.25) is 0 Å². The van der Waals surface area contributed by atoms with Crippen molar-refractivity contribution < 1.29 is 35.8 Å². The van der Waals surface area contributed by atoms with E-state index in [1.165, 1.54) is 29.2 Å². The fourth-order valence-electron chi connectivity index (χ4n) is 1.77. The van der Waals surface area contributed by atoms with Crippen LogP contribution in [-0.2, 0) is 4.79 Å². The Morgan fingerprint density at radius 2 is 1.32 bits per heavy atom. The van der Waals surface area contributed by atoms with Crippen LogP contribution in [0.3, 0.4) is 0 Å². The van der Waals surface area contributed by atoms with Crippen LogP contribution < -0.4 is 29.6 Å². The van der Waals surface area contributed by atoms with E-state index in [0.717, 1.165) is 6.29 Å². The molecular weight excluding hydrogens is 242 g/mol. The average molecular weight is 261 g/mol. The Labute approximate surface area is 141 Å². The third-order valence-electron chi connectivity index (χ3n) is 2.33. The summed E-state index contributed by atoms with van der Waals surface area (Å²) in [5.41, 5.74) is 5.25. The Morgan fingerprint density at radius 1 is 0.895 bits per heavy atom. The Hall–Kier alpha value is -0.825. The Morgan fingerprint density at radius 3 is 1.74 bits per heavy atom. The molecule has 2 aromatic rings. The van der Waals surface area contributed by atoms with Gasteiger partial charge in [-0.05, 0) is 31.9 Å². The topological polar surface area (TPSA) is 17.1 Å². The number of aldehydes is 1. The first kappa shape index (κ1) is 20.5. The molecule has 0 heterocycles. The minimum Gasteiger partial charge on any atom is -1.00 e. The third-order valence-corrected chi connectivity index (χ3v) is 2.33. The van der Waals surface area contributed by atoms with E-state index in [2.05, 4.69) is 56.3 Å². The molecule has 0 spiro atoms. The summed E-state index contributed by atoms with van der Waals surface area (Å²) >= 11 is 0. The van der Waals surface area contributed by atoms with E-state index in [0.29, 0.717) is 0 Å². The molecule has 0 N–H and O–H groups in total. The number of hydrogen-bond donors (Lipinski definition) is 0. The second-order valence-corrected chi connectivity index (χ2v) is 3.98. The van der Waals surface area contributed by atoms with Crippen molar-refractivity contribution in [1.82, 2.24) is 0 Å². The number of benzene rings is 2. The number of aryl methyl sites for hydroxylation is 2. The molecule has 93 valence electrons. The summed E-state index contributed by atoms with van der Waals surface area (Å²) < 4.78 is 0. The summed E-state index contributed by atoms with van der Waals surface area (Å²) in [4.78, 5) is 8.81. The zero-order valence-corrected chi connectivity index (χ0v) is 14.2. The van der Waals surface area contributed by atoms with Gasteiger partial charge in [0.2, 0.25) is 0 Å². The molecule has 2 rings (SSSR count). The van der Waals surface area contributed by atoms with Crippen LogP contribution in [0.1, 0.15) is 19.5 Å². The number of carbonyl (C=O) groups excluding carboxylic acids is 1. The van der Waals surface area contributed by atoms with Crippen molar-refractivity contribution >= 4 is 14.7 Å². The third kappa shape index (κ3) is 7.36. The number of hydrogen-bond acceptors (Lipinski definition) is 1. The molecule has 3 heteroatoms. The normalized spacial score (nSPS) is 8.16. The molecule has 19 heavy (non-hydrogen) atoms. The second-order valence-electron chi connectivity index (χ2n) is 3.98. The number of rotatable bonds is 1. The first-order chi connectivity index (χ1) is 8.17. The van der Waals surface area contributed by atoms with Gasteiger partial charge in [0.25, 0.3) is 0 Å². The minimum absolute atomic E-state index is 0. The fourth-order valence-corrected chi connectivity index (χ4v) is 1.77. The molecule has 1 nitrogen and oxygen atoms in total. The van der Waals surface area contributed by atoms with Crippen molar-refractivity contribution in [2.24, 2.45) is 0 Å². The summed E-state index contributed by atoms with van der Waals surface area (Å²) in [6.45, 7) is 5.72. The van der Waals surface area contributed by atoms with Crippen molar-refractivity contribution in [2.45, 2.75) is 20.8 Å². The van der Waals surface area contributed by atoms with Gasteiger partial charge in [0.1, 0.15) is 6.29 Å². The van der Waals surface area contributed by atoms with E-state index in [9.17, 15) is 0 Å². The molecule has 2 aromatic carbocycles. The van der Waals surface area contributed by atoms with Gasteiger partial charge in [0, 0.05) is 8.41 Å². The van der Waals surface area contributed by atoms with E-state index in [-0.39, 0.29) is 39.4 Å². The predicted octanol–water partition coefficient (Wildman–Crippen LogP) is 0.911. The second kappa shape index (κ2) is 11.0. The van der Waals surface area contributed by atoms with Gasteiger partial charge in [-0.3, -0.25) is 0 Å². The van der Waals surface area contributed by atoms with Gasteiger partial charge in [-0.15, -0.1) is 0 Å². The van der Waals surface area contributed by atoms with Crippen LogP contribution in [0.5, 0.6) is 0 Å². The van der Waals surface area contributed by atoms with Crippen molar-refractivity contribution in [1.29, 1.82) is 0 Å². The molecule has 0 bridgehead atoms. The number of carbonyl (C=O) groups is 1. The Balaban J connectivity index is -0.000000445. The van der Waals surface area contributed by atoms with E-state index in [1.54, 1.807) is 0 Å². The molecule has 0 aliphatic rings. The summed E-state index contributed by atoms with van der Waals surface area (Å²) in [6, 6.07) is 17.1. The van der Waals surface area contributed by atoms with Gasteiger partial charge in [-0.1, -0.05) is 59.7 Å². The molecule has 0 unspecified atom stereocenters. The minimum atomic E-state index is 0. The Kier molecular flexibility index (Phi) is 11.9. The van der Waals surface area contributed by atoms with Crippen molar-refractivity contribution in [3.63, 3.8) is 0 Å². The average Bonchev–Trinajstić information content (AvgIpc) is 2.30. The summed E-state index contributed by atoms with van der Waals surface area (Å²) in [7, 11) is 0. The van der Waals surface area contributed by atoms with E-state index in [1.807, 2.05) is 6.07 Å². The van der Waals surface area contributed by atoms with Gasteiger partial charge in [0.15, 0.2) is 0 Å². The summed E-state index contributed by atoms with van der Waals surface area (Å²) in [5, 5.41) is 0. The molecule has 0 atom stereocenters. The van der Waals surface area contributed by atoms with Gasteiger partial charge in [0.05, 0.1) is 0 Å². The molecular formula is C16H19BNaO. The predicted molar refractivity (Wildman–Crippen MR) is 80.0 cm³/mol. The zero-order chi connectivity index (χ0) is 12.7. The van der Waals surface area contributed by atoms with Gasteiger partial charge in [-0.2, -0.15) is 0 Å². The van der Waals surface area contributed by atoms with Crippen LogP contribution >= 0.6 is 0 Å². The summed E-state index contributed by atoms with van der Waals surface area (Å²) in [6.07, 6.45) is 0.750. The summed E-state index contributed by atoms with van der Waals surface area (Å²) in [5.74, 6) is 0. The monoisotopic (exact) mass is 261 g/mol. The van der Waals surface area contributed by atoms with Crippen molar-refractivity contribution in [3.05, 3.63) is 59.7 Å². The van der Waals surface area contributed by atoms with E-state index >= 15 is 0 Å². The molecule has 0 fully saturated rings. The van der Waals surface area contributed by atoms with Crippen LogP contribution in [0, 0.1) is 13.8 Å². The van der Waals surface area contributed by atoms with E-state index < -0.39 is 0 Å². The quantitative estimate of drug-likeness (QED) is 0.551. The standard InChI is InChI=1S/C14H14.C2H4O.B.Na.H/c1-11-8-12(2)10-14(9-11)13-6-4-3-5-7-13;1-2-3;;;/h3-10H,1-2H3;2H,1H3;;;/q;;;+1;-1. The maximum Gasteiger partial charge on any atom is 1.00 e. The van der Waals surface area contributed by atoms with Crippen molar-refractivity contribution in [3.8, 4) is 11.1 Å². The molecule has 0 amide bonds. The van der Waals surface area contributed by atoms with Gasteiger partial charge < -0.3 is 6.22 Å². The SMILES string of the molecule is CC=O.Cc1cc(C)cc(-c2ccccc2)c1.[B].[H-].[Na+]. The molecule has 0 saturated carbocycles. The molecule has 3 radical (unpaired) electrons. The fraction of sp³-hybridized carbons (Fsp3) is 0.188. The van der Waals surface area contributed by atoms with Crippen molar-refractivity contribution in [2.75, 3.05) is 0 Å². The first-order valence-corrected chi connectivity index (χ1v) is 5.71. The first-order valence-electron chi connectivity index (χ1n) is 5.71. The molecule has 0 aromatic heterocycles. The van der Waals surface area contributed by atoms with E-state index in [4.69, 9.17) is 4.79 Å². The maximum atomic E-state index is 8.81. The smallest absolute Gasteiger partial charge is 1.00 e. The van der Waals surface area contributed by atoms with Crippen LogP contribution in [-0.4, -0.2) is 14.7 Å². The molecule has 0 saturated heterocycles. The Bertz CT molecular complexity index is 469. The molecule has 0 aliphatic carbocycles. The van der Waals surface area contributed by atoms with Crippen LogP contribution in [0.25, 0.3) is 11.1 Å².